The maximum atomic E-state index is 12.8. The minimum Gasteiger partial charge on any atom is -0.756 e. The molecule has 0 aromatic heterocycles. The van der Waals surface area contributed by atoms with Crippen molar-refractivity contribution >= 4 is 19.8 Å². The van der Waals surface area contributed by atoms with Gasteiger partial charge in [0.05, 0.1) is 27.7 Å². The van der Waals surface area contributed by atoms with E-state index in [-0.39, 0.29) is 32.0 Å². The van der Waals surface area contributed by atoms with Crippen molar-refractivity contribution in [3.63, 3.8) is 0 Å². The van der Waals surface area contributed by atoms with E-state index in [1.807, 2.05) is 21.1 Å². The zero-order chi connectivity index (χ0) is 55.6. The summed E-state index contributed by atoms with van der Waals surface area (Å²) in [5.41, 5.74) is 0. The smallest absolute Gasteiger partial charge is 0.306 e. The summed E-state index contributed by atoms with van der Waals surface area (Å²) in [5.74, 6) is -0.827. The van der Waals surface area contributed by atoms with Crippen LogP contribution in [-0.4, -0.2) is 70.0 Å². The fourth-order valence-corrected chi connectivity index (χ4v) is 9.58. The Morgan fingerprint density at radius 3 is 1.12 bits per heavy atom. The number of allylic oxidation sites excluding steroid dienone is 12. The molecule has 0 bridgehead atoms. The summed E-state index contributed by atoms with van der Waals surface area (Å²) in [4.78, 5) is 38.0. The predicted molar refractivity (Wildman–Crippen MR) is 323 cm³/mol. The number of esters is 2. The van der Waals surface area contributed by atoms with Crippen LogP contribution in [0.5, 0.6) is 0 Å². The van der Waals surface area contributed by atoms with Gasteiger partial charge in [-0.25, -0.2) is 0 Å². The summed E-state index contributed by atoms with van der Waals surface area (Å²) >= 11 is 0. The van der Waals surface area contributed by atoms with E-state index in [9.17, 15) is 19.0 Å². The lowest BCUT2D eigenvalue weighted by Gasteiger charge is -2.28. The highest BCUT2D eigenvalue weighted by molar-refractivity contribution is 7.45. The minimum atomic E-state index is -4.64. The molecule has 0 aliphatic heterocycles. The third-order valence-corrected chi connectivity index (χ3v) is 14.7. The molecule has 442 valence electrons. The van der Waals surface area contributed by atoms with Crippen molar-refractivity contribution in [1.29, 1.82) is 0 Å². The summed E-state index contributed by atoms with van der Waals surface area (Å²) in [6.07, 6.45) is 75.3. The highest BCUT2D eigenvalue weighted by atomic mass is 31.2. The van der Waals surface area contributed by atoms with Crippen LogP contribution in [0.25, 0.3) is 0 Å². The number of phosphoric ester groups is 1. The molecule has 9 nitrogen and oxygen atoms in total. The second kappa shape index (κ2) is 57.1. The van der Waals surface area contributed by atoms with Gasteiger partial charge in [0, 0.05) is 12.8 Å². The molecule has 0 amide bonds. The molecule has 0 aromatic carbocycles. The van der Waals surface area contributed by atoms with Gasteiger partial charge in [0.2, 0.25) is 0 Å². The van der Waals surface area contributed by atoms with Crippen LogP contribution in [0.15, 0.2) is 72.9 Å². The minimum absolute atomic E-state index is 0.0321. The van der Waals surface area contributed by atoms with E-state index >= 15 is 0 Å². The first-order valence-corrected chi connectivity index (χ1v) is 33.1. The van der Waals surface area contributed by atoms with E-state index in [1.54, 1.807) is 0 Å². The first-order chi connectivity index (χ1) is 37.0. The van der Waals surface area contributed by atoms with Gasteiger partial charge in [0.25, 0.3) is 7.82 Å². The fourth-order valence-electron chi connectivity index (χ4n) is 8.86. The molecule has 0 fully saturated rings. The second-order valence-corrected chi connectivity index (χ2v) is 23.8. The van der Waals surface area contributed by atoms with Gasteiger partial charge in [0.15, 0.2) is 6.10 Å². The van der Waals surface area contributed by atoms with Gasteiger partial charge >= 0.3 is 11.9 Å². The maximum Gasteiger partial charge on any atom is 0.306 e. The molecule has 0 saturated carbocycles. The van der Waals surface area contributed by atoms with E-state index in [0.29, 0.717) is 17.4 Å². The van der Waals surface area contributed by atoms with Gasteiger partial charge in [-0.1, -0.05) is 260 Å². The number of hydrogen-bond acceptors (Lipinski definition) is 8. The van der Waals surface area contributed by atoms with Crippen molar-refractivity contribution in [2.75, 3.05) is 47.5 Å². The topological polar surface area (TPSA) is 111 Å². The van der Waals surface area contributed by atoms with Crippen LogP contribution >= 0.6 is 7.82 Å². The zero-order valence-electron chi connectivity index (χ0n) is 50.2. The van der Waals surface area contributed by atoms with Crippen molar-refractivity contribution in [3.8, 4) is 0 Å². The lowest BCUT2D eigenvalue weighted by atomic mass is 10.0. The molecule has 0 radical (unpaired) electrons. The Bertz CT molecular complexity index is 1510. The number of phosphoric acid groups is 1. The summed E-state index contributed by atoms with van der Waals surface area (Å²) < 4.78 is 34.2. The lowest BCUT2D eigenvalue weighted by molar-refractivity contribution is -0.870. The second-order valence-electron chi connectivity index (χ2n) is 22.4. The highest BCUT2D eigenvalue weighted by Gasteiger charge is 2.22. The number of hydrogen-bond donors (Lipinski definition) is 0. The molecule has 0 N–H and O–H groups in total. The first kappa shape index (κ1) is 73.5. The van der Waals surface area contributed by atoms with Gasteiger partial charge in [-0.3, -0.25) is 14.2 Å². The van der Waals surface area contributed by atoms with Crippen LogP contribution < -0.4 is 4.89 Å². The average molecular weight is 1090 g/mol. The SMILES string of the molecule is CC/C=C\C/C=C\C/C=C\C/C=C\CCCCCCCCCCCCCCCCCCC(=O)OC(COC(=O)CCCCCCCCCCCCC/C=C\C/C=C\CCCCCCC)COP(=O)([O-])OCC[N+](C)(C)C. The Labute approximate surface area is 469 Å². The summed E-state index contributed by atoms with van der Waals surface area (Å²) in [6.45, 7) is 4.15. The van der Waals surface area contributed by atoms with E-state index < -0.39 is 26.5 Å². The molecule has 2 unspecified atom stereocenters. The Morgan fingerprint density at radius 1 is 0.421 bits per heavy atom. The summed E-state index contributed by atoms with van der Waals surface area (Å²) in [6, 6.07) is 0. The maximum absolute atomic E-state index is 12.8. The third kappa shape index (κ3) is 60.7. The molecule has 0 aromatic rings. The molecule has 0 saturated heterocycles. The molecule has 0 spiro atoms. The van der Waals surface area contributed by atoms with E-state index in [0.717, 1.165) is 70.6 Å². The number of carbonyl (C=O) groups is 2. The van der Waals surface area contributed by atoms with Crippen LogP contribution in [0.2, 0.25) is 0 Å². The first-order valence-electron chi connectivity index (χ1n) is 31.6. The van der Waals surface area contributed by atoms with E-state index in [2.05, 4.69) is 86.8 Å². The van der Waals surface area contributed by atoms with Crippen molar-refractivity contribution in [2.45, 2.75) is 290 Å². The molecule has 2 atom stereocenters. The summed E-state index contributed by atoms with van der Waals surface area (Å²) in [5, 5.41) is 0. The van der Waals surface area contributed by atoms with Gasteiger partial charge < -0.3 is 27.9 Å². The van der Waals surface area contributed by atoms with Gasteiger partial charge in [-0.15, -0.1) is 0 Å². The molecular weight excluding hydrogens is 966 g/mol. The Balaban J connectivity index is 4.09. The van der Waals surface area contributed by atoms with E-state index in [4.69, 9.17) is 18.5 Å². The average Bonchev–Trinajstić information content (AvgIpc) is 3.38. The fraction of sp³-hybridized carbons (Fsp3) is 0.788. The molecule has 0 aliphatic rings. The number of unbranched alkanes of at least 4 members (excludes halogenated alkanes) is 32. The van der Waals surface area contributed by atoms with Crippen LogP contribution in [0, 0.1) is 0 Å². The quantitative estimate of drug-likeness (QED) is 0.0195. The van der Waals surface area contributed by atoms with Crippen molar-refractivity contribution < 1.29 is 42.1 Å². The van der Waals surface area contributed by atoms with Crippen molar-refractivity contribution in [2.24, 2.45) is 0 Å². The van der Waals surface area contributed by atoms with Crippen LogP contribution in [0.4, 0.5) is 0 Å². The van der Waals surface area contributed by atoms with Crippen molar-refractivity contribution in [1.82, 2.24) is 0 Å². The molecule has 0 heterocycles. The standard InChI is InChI=1S/C66H120NO8P/c1-6-8-10-12-14-16-18-20-22-24-26-28-30-31-32-33-34-35-37-39-41-43-45-47-49-51-53-55-57-59-66(69)75-64(63-74-76(70,71)73-61-60-67(3,4)5)62-72-65(68)58-56-54-52-50-48-46-44-42-40-38-36-29-27-25-23-21-19-17-15-13-11-9-7-2/h8,10,14,16,19-22,25-28,64H,6-7,9,11-13,15,17-18,23-24,29-63H2,1-5H3/b10-8-,16-14-,21-19-,22-20-,27-25-,28-26-. The van der Waals surface area contributed by atoms with Gasteiger partial charge in [0.1, 0.15) is 19.8 Å². The van der Waals surface area contributed by atoms with Crippen LogP contribution in [0.3, 0.4) is 0 Å². The predicted octanol–water partition coefficient (Wildman–Crippen LogP) is 19.4. The number of quaternary nitrogens is 1. The number of nitrogens with zero attached hydrogens (tertiary/aromatic N) is 1. The van der Waals surface area contributed by atoms with Gasteiger partial charge in [-0.05, 0) is 83.5 Å². The number of ether oxygens (including phenoxy) is 2. The number of rotatable bonds is 58. The Morgan fingerprint density at radius 2 is 0.750 bits per heavy atom. The Kier molecular flexibility index (Phi) is 55.2. The monoisotopic (exact) mass is 1090 g/mol. The third-order valence-electron chi connectivity index (χ3n) is 13.7. The molecule has 0 rings (SSSR count). The lowest BCUT2D eigenvalue weighted by Crippen LogP contribution is -2.37. The molecule has 10 heteroatoms. The molecular formula is C66H120NO8P. The molecule has 76 heavy (non-hydrogen) atoms. The Hall–Kier alpha value is -2.55. The zero-order valence-corrected chi connectivity index (χ0v) is 51.1. The van der Waals surface area contributed by atoms with Crippen molar-refractivity contribution in [3.05, 3.63) is 72.9 Å². The van der Waals surface area contributed by atoms with Gasteiger partial charge in [-0.2, -0.15) is 0 Å². The van der Waals surface area contributed by atoms with E-state index in [1.165, 1.54) is 180 Å². The van der Waals surface area contributed by atoms with Crippen LogP contribution in [-0.2, 0) is 32.7 Å². The highest BCUT2D eigenvalue weighted by Crippen LogP contribution is 2.38. The molecule has 0 aliphatic carbocycles. The summed E-state index contributed by atoms with van der Waals surface area (Å²) in [7, 11) is 1.17. The number of carbonyl (C=O) groups excluding carboxylic acids is 2. The largest absolute Gasteiger partial charge is 0.756 e. The van der Waals surface area contributed by atoms with Crippen LogP contribution in [0.1, 0.15) is 284 Å². The number of likely N-dealkylation sites (N-methyl/N-ethyl adjacent to an activating group) is 1. The normalized spacial score (nSPS) is 13.7.